The molecule has 2 aromatic rings. The molecule has 0 aliphatic heterocycles. The molecule has 2 atom stereocenters. The van der Waals surface area contributed by atoms with E-state index < -0.39 is 6.09 Å². The average Bonchev–Trinajstić information content (AvgIpc) is 3.14. The molecule has 2 heterocycles. The molecule has 0 spiro atoms. The molecular formula is C17H24N6O2. The molecule has 1 aliphatic rings. The van der Waals surface area contributed by atoms with Crippen molar-refractivity contribution in [2.45, 2.75) is 57.6 Å². The van der Waals surface area contributed by atoms with Gasteiger partial charge in [-0.15, -0.1) is 0 Å². The predicted octanol–water partition coefficient (Wildman–Crippen LogP) is 2.90. The van der Waals surface area contributed by atoms with Crippen LogP contribution in [0.2, 0.25) is 0 Å². The summed E-state index contributed by atoms with van der Waals surface area (Å²) in [5.74, 6) is 1.48. The standard InChI is InChI=1S/C17H24N6O2/c1-17(2,3)23-13(11-5-6-12(9-11)25-15(18)24)10-14(22-23)21-16-19-7-4-8-20-16/h4,7-8,10-12H,5-6,9H2,1-3H3,(H2,18,24)(H,19,20,21,22)/t11?,12-/m1/s1. The zero-order valence-electron chi connectivity index (χ0n) is 14.8. The molecule has 0 aromatic carbocycles. The maximum Gasteiger partial charge on any atom is 0.404 e. The average molecular weight is 344 g/mol. The Bertz CT molecular complexity index is 737. The lowest BCUT2D eigenvalue weighted by atomic mass is 10.0. The molecule has 0 bridgehead atoms. The van der Waals surface area contributed by atoms with Gasteiger partial charge in [0.1, 0.15) is 6.10 Å². The van der Waals surface area contributed by atoms with Crippen LogP contribution in [0.15, 0.2) is 24.5 Å². The van der Waals surface area contributed by atoms with Crippen molar-refractivity contribution < 1.29 is 9.53 Å². The fourth-order valence-corrected chi connectivity index (χ4v) is 3.24. The van der Waals surface area contributed by atoms with Crippen molar-refractivity contribution in [2.24, 2.45) is 5.73 Å². The van der Waals surface area contributed by atoms with E-state index >= 15 is 0 Å². The minimum Gasteiger partial charge on any atom is -0.446 e. The molecule has 1 saturated carbocycles. The smallest absolute Gasteiger partial charge is 0.404 e. The molecule has 25 heavy (non-hydrogen) atoms. The number of hydrogen-bond donors (Lipinski definition) is 2. The van der Waals surface area contributed by atoms with Gasteiger partial charge >= 0.3 is 6.09 Å². The number of anilines is 2. The summed E-state index contributed by atoms with van der Waals surface area (Å²) in [6.07, 6.45) is 5.03. The van der Waals surface area contributed by atoms with Crippen molar-refractivity contribution >= 4 is 17.9 Å². The molecule has 1 aliphatic carbocycles. The minimum atomic E-state index is -0.710. The zero-order chi connectivity index (χ0) is 18.0. The number of nitrogens with zero attached hydrogens (tertiary/aromatic N) is 4. The van der Waals surface area contributed by atoms with Crippen LogP contribution in [0.5, 0.6) is 0 Å². The van der Waals surface area contributed by atoms with E-state index in [9.17, 15) is 4.79 Å². The summed E-state index contributed by atoms with van der Waals surface area (Å²) < 4.78 is 7.19. The third-order valence-corrected chi connectivity index (χ3v) is 4.26. The fourth-order valence-electron chi connectivity index (χ4n) is 3.24. The number of hydrogen-bond acceptors (Lipinski definition) is 6. The number of ether oxygens (including phenoxy) is 1. The lowest BCUT2D eigenvalue weighted by Crippen LogP contribution is -2.26. The van der Waals surface area contributed by atoms with E-state index in [1.165, 1.54) is 0 Å². The van der Waals surface area contributed by atoms with Gasteiger partial charge in [0.25, 0.3) is 0 Å². The third kappa shape index (κ3) is 4.07. The SMILES string of the molecule is CC(C)(C)n1nc(Nc2ncccn2)cc1C1CC[C@@H](OC(N)=O)C1. The number of carbonyl (C=O) groups excluding carboxylic acids is 1. The van der Waals surface area contributed by atoms with Crippen LogP contribution in [-0.2, 0) is 10.3 Å². The van der Waals surface area contributed by atoms with Crippen molar-refractivity contribution in [3.63, 3.8) is 0 Å². The Morgan fingerprint density at radius 3 is 2.68 bits per heavy atom. The second-order valence-corrected chi connectivity index (χ2v) is 7.30. The van der Waals surface area contributed by atoms with Gasteiger partial charge in [-0.2, -0.15) is 5.10 Å². The Morgan fingerprint density at radius 2 is 2.04 bits per heavy atom. The monoisotopic (exact) mass is 344 g/mol. The molecular weight excluding hydrogens is 320 g/mol. The highest BCUT2D eigenvalue weighted by Crippen LogP contribution is 2.38. The van der Waals surface area contributed by atoms with Crippen molar-refractivity contribution in [3.8, 4) is 0 Å². The largest absolute Gasteiger partial charge is 0.446 e. The summed E-state index contributed by atoms with van der Waals surface area (Å²) >= 11 is 0. The number of nitrogens with one attached hydrogen (secondary N) is 1. The lowest BCUT2D eigenvalue weighted by Gasteiger charge is -2.24. The van der Waals surface area contributed by atoms with E-state index in [1.807, 2.05) is 10.7 Å². The molecule has 1 amide bonds. The second-order valence-electron chi connectivity index (χ2n) is 7.30. The molecule has 0 radical (unpaired) electrons. The Morgan fingerprint density at radius 1 is 1.32 bits per heavy atom. The van der Waals surface area contributed by atoms with Crippen molar-refractivity contribution in [2.75, 3.05) is 5.32 Å². The summed E-state index contributed by atoms with van der Waals surface area (Å²) in [5.41, 5.74) is 6.08. The topological polar surface area (TPSA) is 108 Å². The molecule has 8 nitrogen and oxygen atoms in total. The summed E-state index contributed by atoms with van der Waals surface area (Å²) in [6, 6.07) is 3.79. The maximum atomic E-state index is 11.0. The number of nitrogens with two attached hydrogens (primary N) is 1. The van der Waals surface area contributed by atoms with Crippen LogP contribution in [0.25, 0.3) is 0 Å². The van der Waals surface area contributed by atoms with Crippen LogP contribution < -0.4 is 11.1 Å². The molecule has 1 fully saturated rings. The van der Waals surface area contributed by atoms with Crippen LogP contribution in [0.4, 0.5) is 16.6 Å². The zero-order valence-corrected chi connectivity index (χ0v) is 14.8. The van der Waals surface area contributed by atoms with Gasteiger partial charge in [0.15, 0.2) is 5.82 Å². The molecule has 3 rings (SSSR count). The fraction of sp³-hybridized carbons (Fsp3) is 0.529. The summed E-state index contributed by atoms with van der Waals surface area (Å²) in [7, 11) is 0. The van der Waals surface area contributed by atoms with Crippen molar-refractivity contribution in [3.05, 3.63) is 30.2 Å². The van der Waals surface area contributed by atoms with Crippen molar-refractivity contribution in [1.29, 1.82) is 0 Å². The number of carbonyl (C=O) groups is 1. The van der Waals surface area contributed by atoms with Crippen LogP contribution in [0.1, 0.15) is 51.6 Å². The molecule has 8 heteroatoms. The van der Waals surface area contributed by atoms with E-state index in [1.54, 1.807) is 18.5 Å². The highest BCUT2D eigenvalue weighted by molar-refractivity contribution is 5.64. The quantitative estimate of drug-likeness (QED) is 0.883. The second kappa shape index (κ2) is 6.70. The van der Waals surface area contributed by atoms with Crippen LogP contribution in [0, 0.1) is 0 Å². The summed E-state index contributed by atoms with van der Waals surface area (Å²) in [5, 5.41) is 7.84. The van der Waals surface area contributed by atoms with Crippen LogP contribution in [-0.4, -0.2) is 31.9 Å². The van der Waals surface area contributed by atoms with E-state index in [2.05, 4.69) is 36.1 Å². The Labute approximate surface area is 146 Å². The predicted molar refractivity (Wildman–Crippen MR) is 93.6 cm³/mol. The highest BCUT2D eigenvalue weighted by Gasteiger charge is 2.33. The van der Waals surface area contributed by atoms with E-state index in [0.717, 1.165) is 25.0 Å². The maximum absolute atomic E-state index is 11.0. The van der Waals surface area contributed by atoms with Gasteiger partial charge in [0.05, 0.1) is 5.54 Å². The minimum absolute atomic E-state index is 0.125. The Balaban J connectivity index is 1.84. The Kier molecular flexibility index (Phi) is 4.61. The normalized spacial score (nSPS) is 20.4. The van der Waals surface area contributed by atoms with Gasteiger partial charge < -0.3 is 15.8 Å². The first-order chi connectivity index (χ1) is 11.8. The number of rotatable bonds is 4. The van der Waals surface area contributed by atoms with E-state index in [4.69, 9.17) is 15.6 Å². The molecule has 3 N–H and O–H groups in total. The molecule has 1 unspecified atom stereocenters. The number of primary amides is 1. The van der Waals surface area contributed by atoms with E-state index in [0.29, 0.717) is 11.8 Å². The molecule has 2 aromatic heterocycles. The molecule has 134 valence electrons. The Hall–Kier alpha value is -2.64. The van der Waals surface area contributed by atoms with Crippen molar-refractivity contribution in [1.82, 2.24) is 19.7 Å². The first kappa shape index (κ1) is 17.2. The summed E-state index contributed by atoms with van der Waals surface area (Å²) in [4.78, 5) is 19.3. The van der Waals surface area contributed by atoms with Gasteiger partial charge in [-0.25, -0.2) is 14.8 Å². The third-order valence-electron chi connectivity index (χ3n) is 4.26. The summed E-state index contributed by atoms with van der Waals surface area (Å²) in [6.45, 7) is 6.33. The molecule has 0 saturated heterocycles. The van der Waals surface area contributed by atoms with Gasteiger partial charge in [-0.1, -0.05) is 0 Å². The van der Waals surface area contributed by atoms with Crippen LogP contribution in [0.3, 0.4) is 0 Å². The number of aromatic nitrogens is 4. The van der Waals surface area contributed by atoms with Gasteiger partial charge in [0.2, 0.25) is 5.95 Å². The lowest BCUT2D eigenvalue weighted by molar-refractivity contribution is 0.109. The van der Waals surface area contributed by atoms with E-state index in [-0.39, 0.29) is 17.6 Å². The van der Waals surface area contributed by atoms with Gasteiger partial charge in [-0.05, 0) is 46.1 Å². The number of amides is 1. The first-order valence-electron chi connectivity index (χ1n) is 8.43. The van der Waals surface area contributed by atoms with Gasteiger partial charge in [-0.3, -0.25) is 4.68 Å². The van der Waals surface area contributed by atoms with Crippen LogP contribution >= 0.6 is 0 Å². The highest BCUT2D eigenvalue weighted by atomic mass is 16.6. The van der Waals surface area contributed by atoms with Gasteiger partial charge in [0, 0.05) is 30.1 Å². The first-order valence-corrected chi connectivity index (χ1v) is 8.43.